The lowest BCUT2D eigenvalue weighted by molar-refractivity contribution is -0.140. The number of nitrogens with zero attached hydrogens (tertiary/aromatic N) is 4. The van der Waals surface area contributed by atoms with E-state index in [9.17, 15) is 22.8 Å². The quantitative estimate of drug-likeness (QED) is 0.285. The summed E-state index contributed by atoms with van der Waals surface area (Å²) in [6.45, 7) is 3.98. The van der Waals surface area contributed by atoms with Crippen molar-refractivity contribution >= 4 is 70.9 Å². The summed E-state index contributed by atoms with van der Waals surface area (Å²) in [6.07, 6.45) is -3.15. The number of nitrogens with two attached hydrogens (primary N) is 1. The smallest absolute Gasteiger partial charge is 0.365 e. The van der Waals surface area contributed by atoms with Crippen LogP contribution < -0.4 is 11.1 Å². The fourth-order valence-corrected chi connectivity index (χ4v) is 4.96. The molecule has 4 heterocycles. The molecule has 0 aliphatic heterocycles. The Balaban J connectivity index is 2.02. The van der Waals surface area contributed by atoms with Gasteiger partial charge in [0.2, 0.25) is 0 Å². The number of rotatable bonds is 5. The molecule has 0 unspecified atom stereocenters. The second kappa shape index (κ2) is 8.78. The van der Waals surface area contributed by atoms with E-state index in [2.05, 4.69) is 57.5 Å². The largest absolute Gasteiger partial charge is 0.433 e. The predicted molar refractivity (Wildman–Crippen MR) is 127 cm³/mol. The highest BCUT2D eigenvalue weighted by atomic mass is 79.9. The molecule has 4 rings (SSSR count). The number of amides is 2. The standard InChI is InChI=1S/C19H14Br2F3N7O2S/c1-3-31-5-8(6(2)30-31)7-4-9(19(22,23)24)26-18-10(7)12(14(34-18)16(25)32)27-17(33)13-11(20)15(21)29-28-13/h4-5H,3H2,1-2H3,(H2,25,32)(H,27,33)(H,28,29). The Hall–Kier alpha value is -2.78. The van der Waals surface area contributed by atoms with Crippen LogP contribution in [0, 0.1) is 6.92 Å². The van der Waals surface area contributed by atoms with Crippen molar-refractivity contribution in [1.29, 1.82) is 0 Å². The normalized spacial score (nSPS) is 11.9. The van der Waals surface area contributed by atoms with Gasteiger partial charge in [-0.1, -0.05) is 0 Å². The summed E-state index contributed by atoms with van der Waals surface area (Å²) < 4.78 is 43.3. The maximum Gasteiger partial charge on any atom is 0.433 e. The Morgan fingerprint density at radius 3 is 2.53 bits per heavy atom. The number of nitrogens with one attached hydrogen (secondary N) is 2. The van der Waals surface area contributed by atoms with Crippen LogP contribution in [0.15, 0.2) is 21.3 Å². The number of thiophene rings is 1. The summed E-state index contributed by atoms with van der Waals surface area (Å²) in [6, 6.07) is 0.876. The number of primary amides is 1. The lowest BCUT2D eigenvalue weighted by Gasteiger charge is -2.11. The molecule has 9 nitrogen and oxygen atoms in total. The number of aryl methyl sites for hydroxylation is 2. The third-order valence-electron chi connectivity index (χ3n) is 4.86. The first-order valence-corrected chi connectivity index (χ1v) is 11.9. The summed E-state index contributed by atoms with van der Waals surface area (Å²) in [5.74, 6) is -1.65. The maximum atomic E-state index is 13.7. The van der Waals surface area contributed by atoms with Crippen molar-refractivity contribution in [2.24, 2.45) is 5.73 Å². The number of carbonyl (C=O) groups is 2. The molecular weight excluding hydrogens is 607 g/mol. The Morgan fingerprint density at radius 1 is 1.29 bits per heavy atom. The van der Waals surface area contributed by atoms with E-state index in [0.717, 1.165) is 6.07 Å². The van der Waals surface area contributed by atoms with Crippen LogP contribution >= 0.6 is 43.2 Å². The van der Waals surface area contributed by atoms with E-state index in [1.807, 2.05) is 6.92 Å². The molecule has 15 heteroatoms. The molecule has 34 heavy (non-hydrogen) atoms. The summed E-state index contributed by atoms with van der Waals surface area (Å²) in [4.78, 5) is 28.6. The van der Waals surface area contributed by atoms with Crippen molar-refractivity contribution < 1.29 is 22.8 Å². The van der Waals surface area contributed by atoms with E-state index in [1.165, 1.54) is 0 Å². The van der Waals surface area contributed by atoms with Crippen molar-refractivity contribution in [3.8, 4) is 11.1 Å². The maximum absolute atomic E-state index is 13.7. The lowest BCUT2D eigenvalue weighted by atomic mass is 10.0. The van der Waals surface area contributed by atoms with Crippen LogP contribution in [0.2, 0.25) is 0 Å². The van der Waals surface area contributed by atoms with Crippen LogP contribution in [-0.4, -0.2) is 36.8 Å². The van der Waals surface area contributed by atoms with Gasteiger partial charge < -0.3 is 11.1 Å². The minimum Gasteiger partial charge on any atom is -0.365 e. The molecular formula is C19H14Br2F3N7O2S. The highest BCUT2D eigenvalue weighted by molar-refractivity contribution is 9.13. The van der Waals surface area contributed by atoms with Gasteiger partial charge in [0, 0.05) is 23.7 Å². The average Bonchev–Trinajstić information content (AvgIpc) is 3.42. The van der Waals surface area contributed by atoms with Gasteiger partial charge in [-0.25, -0.2) is 4.98 Å². The van der Waals surface area contributed by atoms with Gasteiger partial charge in [0.25, 0.3) is 11.8 Å². The Morgan fingerprint density at radius 2 is 2.00 bits per heavy atom. The SMILES string of the molecule is CCn1cc(-c2cc(C(F)(F)F)nc3sc(C(N)=O)c(NC(=O)c4n[nH]c(Br)c4Br)c23)c(C)n1. The van der Waals surface area contributed by atoms with Gasteiger partial charge in [0.15, 0.2) is 5.69 Å². The van der Waals surface area contributed by atoms with Crippen LogP contribution in [0.5, 0.6) is 0 Å². The van der Waals surface area contributed by atoms with Crippen LogP contribution in [0.1, 0.15) is 38.5 Å². The van der Waals surface area contributed by atoms with Gasteiger partial charge >= 0.3 is 6.18 Å². The zero-order chi connectivity index (χ0) is 24.9. The number of H-pyrrole nitrogens is 1. The van der Waals surface area contributed by atoms with Crippen molar-refractivity contribution in [2.75, 3.05) is 5.32 Å². The fourth-order valence-electron chi connectivity index (χ4n) is 3.32. The van der Waals surface area contributed by atoms with Gasteiger partial charge in [0.1, 0.15) is 20.0 Å². The molecule has 0 aromatic carbocycles. The number of aromatic amines is 1. The molecule has 4 N–H and O–H groups in total. The Kier molecular flexibility index (Phi) is 6.29. The van der Waals surface area contributed by atoms with E-state index in [0.29, 0.717) is 38.2 Å². The van der Waals surface area contributed by atoms with Gasteiger partial charge in [-0.15, -0.1) is 11.3 Å². The number of hydrogen-bond acceptors (Lipinski definition) is 6. The van der Waals surface area contributed by atoms with Gasteiger partial charge in [-0.3, -0.25) is 19.4 Å². The van der Waals surface area contributed by atoms with E-state index >= 15 is 0 Å². The summed E-state index contributed by atoms with van der Waals surface area (Å²) in [5, 5.41) is 13.5. The molecule has 4 aromatic heterocycles. The number of aromatic nitrogens is 5. The Labute approximate surface area is 210 Å². The number of hydrogen-bond donors (Lipinski definition) is 3. The van der Waals surface area contributed by atoms with Crippen LogP contribution in [0.4, 0.5) is 18.9 Å². The van der Waals surface area contributed by atoms with E-state index < -0.39 is 23.7 Å². The molecule has 0 saturated heterocycles. The molecule has 4 aromatic rings. The number of fused-ring (bicyclic) bond motifs is 1. The number of anilines is 1. The highest BCUT2D eigenvalue weighted by Gasteiger charge is 2.35. The first-order chi connectivity index (χ1) is 15.9. The van der Waals surface area contributed by atoms with Crippen molar-refractivity contribution in [1.82, 2.24) is 25.0 Å². The van der Waals surface area contributed by atoms with Crippen LogP contribution in [-0.2, 0) is 12.7 Å². The Bertz CT molecular complexity index is 1460. The zero-order valence-electron chi connectivity index (χ0n) is 17.3. The fraction of sp³-hybridized carbons (Fsp3) is 0.211. The van der Waals surface area contributed by atoms with E-state index in [-0.39, 0.29) is 32.0 Å². The molecule has 0 aliphatic rings. The molecule has 0 aliphatic carbocycles. The third-order valence-corrected chi connectivity index (χ3v) is 7.83. The molecule has 0 saturated carbocycles. The molecule has 0 fully saturated rings. The molecule has 178 valence electrons. The highest BCUT2D eigenvalue weighted by Crippen LogP contribution is 2.44. The minimum absolute atomic E-state index is 0.0435. The molecule has 0 bridgehead atoms. The van der Waals surface area contributed by atoms with Crippen LogP contribution in [0.25, 0.3) is 21.3 Å². The summed E-state index contributed by atoms with van der Waals surface area (Å²) >= 11 is 7.06. The monoisotopic (exact) mass is 619 g/mol. The second-order valence-corrected chi connectivity index (χ2v) is 9.63. The minimum atomic E-state index is -4.75. The molecule has 2 amide bonds. The van der Waals surface area contributed by atoms with Crippen molar-refractivity contribution in [3.05, 3.63) is 43.3 Å². The molecule has 0 atom stereocenters. The summed E-state index contributed by atoms with van der Waals surface area (Å²) in [7, 11) is 0. The molecule has 0 spiro atoms. The molecule has 0 radical (unpaired) electrons. The zero-order valence-corrected chi connectivity index (χ0v) is 21.3. The topological polar surface area (TPSA) is 132 Å². The predicted octanol–water partition coefficient (Wildman–Crippen LogP) is 5.11. The summed E-state index contributed by atoms with van der Waals surface area (Å²) in [5.41, 5.74) is 5.24. The van der Waals surface area contributed by atoms with Crippen molar-refractivity contribution in [3.63, 3.8) is 0 Å². The van der Waals surface area contributed by atoms with Crippen LogP contribution in [0.3, 0.4) is 0 Å². The second-order valence-electron chi connectivity index (χ2n) is 7.04. The third kappa shape index (κ3) is 4.22. The number of carbonyl (C=O) groups excluding carboxylic acids is 2. The van der Waals surface area contributed by atoms with E-state index in [1.54, 1.807) is 17.8 Å². The van der Waals surface area contributed by atoms with E-state index in [4.69, 9.17) is 5.73 Å². The lowest BCUT2D eigenvalue weighted by Crippen LogP contribution is -2.17. The van der Waals surface area contributed by atoms with Gasteiger partial charge in [0.05, 0.1) is 15.9 Å². The average molecular weight is 621 g/mol. The van der Waals surface area contributed by atoms with Gasteiger partial charge in [-0.2, -0.15) is 23.4 Å². The first-order valence-electron chi connectivity index (χ1n) is 9.52. The van der Waals surface area contributed by atoms with Crippen molar-refractivity contribution in [2.45, 2.75) is 26.6 Å². The first kappa shape index (κ1) is 24.3. The number of alkyl halides is 3. The van der Waals surface area contributed by atoms with Gasteiger partial charge in [-0.05, 0) is 57.3 Å². The number of halogens is 5. The number of pyridine rings is 1.